The van der Waals surface area contributed by atoms with Crippen molar-refractivity contribution in [1.29, 1.82) is 0 Å². The molecule has 0 saturated carbocycles. The van der Waals surface area contributed by atoms with Crippen molar-refractivity contribution in [3.05, 3.63) is 66.4 Å². The maximum atomic E-state index is 14.1. The van der Waals surface area contributed by atoms with E-state index >= 15 is 0 Å². The zero-order valence-electron chi connectivity index (χ0n) is 14.2. The number of fused-ring (bicyclic) bond motifs is 1. The van der Waals surface area contributed by atoms with Gasteiger partial charge in [-0.1, -0.05) is 13.0 Å². The van der Waals surface area contributed by atoms with Gasteiger partial charge in [-0.05, 0) is 36.1 Å². The number of benzene rings is 1. The SMILES string of the molecule is CC(Cc1ccnc2nc[nH]c12)Cn1ccnc1-c1cccc(F)c1F. The molecule has 4 aromatic rings. The van der Waals surface area contributed by atoms with Crippen molar-refractivity contribution in [1.82, 2.24) is 24.5 Å². The Bertz CT molecular complexity index is 1050. The van der Waals surface area contributed by atoms with Gasteiger partial charge in [0.05, 0.1) is 17.4 Å². The number of rotatable bonds is 5. The Labute approximate surface area is 148 Å². The second-order valence-electron chi connectivity index (χ2n) is 6.39. The number of nitrogens with zero attached hydrogens (tertiary/aromatic N) is 4. The molecule has 1 aromatic carbocycles. The van der Waals surface area contributed by atoms with Crippen LogP contribution in [0.25, 0.3) is 22.6 Å². The first-order chi connectivity index (χ1) is 12.6. The van der Waals surface area contributed by atoms with Crippen LogP contribution in [0.2, 0.25) is 0 Å². The highest BCUT2D eigenvalue weighted by molar-refractivity contribution is 5.73. The molecule has 5 nitrogen and oxygen atoms in total. The van der Waals surface area contributed by atoms with E-state index in [0.29, 0.717) is 18.0 Å². The van der Waals surface area contributed by atoms with Gasteiger partial charge >= 0.3 is 0 Å². The molecule has 1 unspecified atom stereocenters. The van der Waals surface area contributed by atoms with Crippen LogP contribution in [0, 0.1) is 17.6 Å². The summed E-state index contributed by atoms with van der Waals surface area (Å²) in [7, 11) is 0. The van der Waals surface area contributed by atoms with Crippen LogP contribution in [0.3, 0.4) is 0 Å². The van der Waals surface area contributed by atoms with Gasteiger partial charge in [-0.2, -0.15) is 0 Å². The van der Waals surface area contributed by atoms with E-state index in [9.17, 15) is 8.78 Å². The van der Waals surface area contributed by atoms with Gasteiger partial charge in [-0.25, -0.2) is 23.7 Å². The van der Waals surface area contributed by atoms with Gasteiger partial charge in [0.1, 0.15) is 5.82 Å². The molecule has 4 rings (SSSR count). The van der Waals surface area contributed by atoms with Gasteiger partial charge in [0.15, 0.2) is 17.3 Å². The fraction of sp³-hybridized carbons (Fsp3) is 0.211. The Morgan fingerprint density at radius 1 is 1.12 bits per heavy atom. The Hall–Kier alpha value is -3.09. The second kappa shape index (κ2) is 6.67. The first kappa shape index (κ1) is 16.4. The molecule has 0 spiro atoms. The summed E-state index contributed by atoms with van der Waals surface area (Å²) < 4.78 is 29.5. The van der Waals surface area contributed by atoms with Crippen LogP contribution >= 0.6 is 0 Å². The van der Waals surface area contributed by atoms with E-state index in [2.05, 4.69) is 26.9 Å². The lowest BCUT2D eigenvalue weighted by molar-refractivity contribution is 0.479. The highest BCUT2D eigenvalue weighted by atomic mass is 19.2. The summed E-state index contributed by atoms with van der Waals surface area (Å²) in [5, 5.41) is 0. The predicted octanol–water partition coefficient (Wildman–Crippen LogP) is 3.98. The molecule has 1 atom stereocenters. The number of imidazole rings is 2. The van der Waals surface area contributed by atoms with Gasteiger partial charge in [-0.15, -0.1) is 0 Å². The summed E-state index contributed by atoms with van der Waals surface area (Å²) in [4.78, 5) is 15.7. The van der Waals surface area contributed by atoms with Crippen LogP contribution < -0.4 is 0 Å². The topological polar surface area (TPSA) is 59.4 Å². The molecular formula is C19H17F2N5. The van der Waals surface area contributed by atoms with Crippen molar-refractivity contribution in [3.63, 3.8) is 0 Å². The van der Waals surface area contributed by atoms with Crippen molar-refractivity contribution < 1.29 is 8.78 Å². The van der Waals surface area contributed by atoms with Gasteiger partial charge in [0.2, 0.25) is 0 Å². The molecule has 3 aromatic heterocycles. The zero-order valence-corrected chi connectivity index (χ0v) is 14.2. The number of nitrogens with one attached hydrogen (secondary N) is 1. The van der Waals surface area contributed by atoms with Crippen molar-refractivity contribution >= 4 is 11.2 Å². The van der Waals surface area contributed by atoms with Gasteiger partial charge in [0.25, 0.3) is 0 Å². The van der Waals surface area contributed by atoms with E-state index in [4.69, 9.17) is 0 Å². The summed E-state index contributed by atoms with van der Waals surface area (Å²) in [5.74, 6) is -1.08. The average molecular weight is 353 g/mol. The maximum absolute atomic E-state index is 14.1. The van der Waals surface area contributed by atoms with E-state index in [1.54, 1.807) is 31.0 Å². The molecule has 132 valence electrons. The van der Waals surface area contributed by atoms with Crippen LogP contribution in [0.15, 0.2) is 49.2 Å². The summed E-state index contributed by atoms with van der Waals surface area (Å²) >= 11 is 0. The predicted molar refractivity (Wildman–Crippen MR) is 94.3 cm³/mol. The molecule has 0 amide bonds. The Morgan fingerprint density at radius 2 is 2.00 bits per heavy atom. The summed E-state index contributed by atoms with van der Waals surface area (Å²) in [6, 6.07) is 6.10. The molecule has 26 heavy (non-hydrogen) atoms. The fourth-order valence-corrected chi connectivity index (χ4v) is 3.23. The fourth-order valence-electron chi connectivity index (χ4n) is 3.23. The van der Waals surface area contributed by atoms with Crippen LogP contribution in [-0.4, -0.2) is 24.5 Å². The minimum Gasteiger partial charge on any atom is -0.343 e. The van der Waals surface area contributed by atoms with Crippen LogP contribution in [0.5, 0.6) is 0 Å². The molecule has 1 N–H and O–H groups in total. The highest BCUT2D eigenvalue weighted by Gasteiger charge is 2.16. The minimum atomic E-state index is -0.874. The van der Waals surface area contributed by atoms with E-state index in [0.717, 1.165) is 23.6 Å². The molecular weight excluding hydrogens is 336 g/mol. The minimum absolute atomic E-state index is 0.169. The van der Waals surface area contributed by atoms with Crippen LogP contribution in [0.4, 0.5) is 8.78 Å². The third kappa shape index (κ3) is 2.96. The van der Waals surface area contributed by atoms with Crippen LogP contribution in [-0.2, 0) is 13.0 Å². The molecule has 0 bridgehead atoms. The van der Waals surface area contributed by atoms with E-state index < -0.39 is 11.6 Å². The van der Waals surface area contributed by atoms with Gasteiger partial charge in [0, 0.05) is 25.1 Å². The smallest absolute Gasteiger partial charge is 0.177 e. The number of H-pyrrole nitrogens is 1. The van der Waals surface area contributed by atoms with Crippen molar-refractivity contribution in [2.75, 3.05) is 0 Å². The Morgan fingerprint density at radius 3 is 2.88 bits per heavy atom. The summed E-state index contributed by atoms with van der Waals surface area (Å²) in [6.07, 6.45) is 7.56. The maximum Gasteiger partial charge on any atom is 0.177 e. The summed E-state index contributed by atoms with van der Waals surface area (Å²) in [6.45, 7) is 2.73. The first-order valence-corrected chi connectivity index (χ1v) is 8.36. The number of hydrogen-bond donors (Lipinski definition) is 1. The molecule has 3 heterocycles. The monoisotopic (exact) mass is 353 g/mol. The van der Waals surface area contributed by atoms with E-state index in [1.165, 1.54) is 6.07 Å². The third-order valence-electron chi connectivity index (χ3n) is 4.40. The molecule has 0 fully saturated rings. The standard InChI is InChI=1S/C19H17F2N5/c1-12(9-13-5-6-22-18-17(13)24-11-25-18)10-26-8-7-23-19(26)14-3-2-4-15(20)16(14)21/h2-8,11-12H,9-10H2,1H3,(H,22,24,25). The molecule has 0 aliphatic rings. The number of aromatic amines is 1. The largest absolute Gasteiger partial charge is 0.343 e. The van der Waals surface area contributed by atoms with Crippen molar-refractivity contribution in [2.45, 2.75) is 19.9 Å². The molecule has 0 saturated heterocycles. The lowest BCUT2D eigenvalue weighted by Crippen LogP contribution is -2.11. The zero-order chi connectivity index (χ0) is 18.1. The highest BCUT2D eigenvalue weighted by Crippen LogP contribution is 2.24. The van der Waals surface area contributed by atoms with Gasteiger partial charge in [-0.3, -0.25) is 0 Å². The van der Waals surface area contributed by atoms with Gasteiger partial charge < -0.3 is 9.55 Å². The summed E-state index contributed by atoms with van der Waals surface area (Å²) in [5.41, 5.74) is 2.92. The Balaban J connectivity index is 1.58. The Kier molecular flexibility index (Phi) is 4.20. The number of aromatic nitrogens is 5. The van der Waals surface area contributed by atoms with Crippen molar-refractivity contribution in [2.24, 2.45) is 5.92 Å². The quantitative estimate of drug-likeness (QED) is 0.590. The third-order valence-corrected chi connectivity index (χ3v) is 4.40. The number of halogens is 2. The van der Waals surface area contributed by atoms with Crippen molar-refractivity contribution in [3.8, 4) is 11.4 Å². The normalized spacial score (nSPS) is 12.6. The molecule has 0 aliphatic heterocycles. The lowest BCUT2D eigenvalue weighted by atomic mass is 10.0. The first-order valence-electron chi connectivity index (χ1n) is 8.36. The van der Waals surface area contributed by atoms with E-state index in [1.807, 2.05) is 10.6 Å². The molecule has 7 heteroatoms. The number of hydrogen-bond acceptors (Lipinski definition) is 3. The molecule has 0 radical (unpaired) electrons. The average Bonchev–Trinajstić information content (AvgIpc) is 3.27. The second-order valence-corrected chi connectivity index (χ2v) is 6.39. The lowest BCUT2D eigenvalue weighted by Gasteiger charge is -2.15. The van der Waals surface area contributed by atoms with Crippen LogP contribution in [0.1, 0.15) is 12.5 Å². The number of pyridine rings is 1. The van der Waals surface area contributed by atoms with E-state index in [-0.39, 0.29) is 11.5 Å². The molecule has 0 aliphatic carbocycles.